The Morgan fingerprint density at radius 3 is 2.15 bits per heavy atom. The van der Waals surface area contributed by atoms with E-state index in [1.165, 1.54) is 4.90 Å². The number of rotatable bonds is 9. The molecular weight excluding hydrogens is 416 g/mol. The highest BCUT2D eigenvalue weighted by atomic mass is 16.5. The smallest absolute Gasteiger partial charge is 0.261 e. The third-order valence-electron chi connectivity index (χ3n) is 5.75. The number of benzene rings is 3. The molecule has 0 saturated carbocycles. The van der Waals surface area contributed by atoms with Gasteiger partial charge in [0.2, 0.25) is 0 Å². The molecule has 0 spiro atoms. The molecule has 3 aromatic rings. The van der Waals surface area contributed by atoms with Crippen LogP contribution in [0.5, 0.6) is 0 Å². The average molecular weight is 443 g/mol. The van der Waals surface area contributed by atoms with Gasteiger partial charge in [-0.1, -0.05) is 60.7 Å². The Morgan fingerprint density at radius 2 is 1.48 bits per heavy atom. The SMILES string of the molecule is COCCN(Cc1ccccc1)C(=O)c1ccc2c(c1)C(=O)N(CCc1ccccc1)C2=O. The molecule has 0 atom stereocenters. The van der Waals surface area contributed by atoms with Crippen LogP contribution in [0.1, 0.15) is 42.2 Å². The van der Waals surface area contributed by atoms with Gasteiger partial charge in [0.1, 0.15) is 0 Å². The first kappa shape index (κ1) is 22.4. The molecule has 1 aliphatic heterocycles. The van der Waals surface area contributed by atoms with Crippen molar-refractivity contribution in [2.45, 2.75) is 13.0 Å². The molecule has 0 aliphatic carbocycles. The largest absolute Gasteiger partial charge is 0.383 e. The van der Waals surface area contributed by atoms with Crippen LogP contribution < -0.4 is 0 Å². The van der Waals surface area contributed by atoms with E-state index in [4.69, 9.17) is 4.74 Å². The molecule has 0 radical (unpaired) electrons. The maximum absolute atomic E-state index is 13.3. The van der Waals surface area contributed by atoms with Crippen molar-refractivity contribution in [2.24, 2.45) is 0 Å². The van der Waals surface area contributed by atoms with Gasteiger partial charge in [-0.05, 0) is 35.7 Å². The molecule has 3 amide bonds. The molecule has 0 unspecified atom stereocenters. The van der Waals surface area contributed by atoms with Crippen molar-refractivity contribution in [3.63, 3.8) is 0 Å². The van der Waals surface area contributed by atoms with Gasteiger partial charge in [-0.2, -0.15) is 0 Å². The third-order valence-corrected chi connectivity index (χ3v) is 5.75. The van der Waals surface area contributed by atoms with Gasteiger partial charge < -0.3 is 9.64 Å². The molecule has 0 bridgehead atoms. The molecule has 6 heteroatoms. The lowest BCUT2D eigenvalue weighted by atomic mass is 10.0. The fraction of sp³-hybridized carbons (Fsp3) is 0.222. The molecule has 0 aromatic heterocycles. The summed E-state index contributed by atoms with van der Waals surface area (Å²) in [6.45, 7) is 1.54. The molecule has 0 N–H and O–H groups in total. The van der Waals surface area contributed by atoms with Gasteiger partial charge >= 0.3 is 0 Å². The van der Waals surface area contributed by atoms with Gasteiger partial charge in [0.25, 0.3) is 17.7 Å². The Kier molecular flexibility index (Phi) is 6.95. The molecule has 1 aliphatic rings. The normalized spacial score (nSPS) is 12.7. The summed E-state index contributed by atoms with van der Waals surface area (Å²) in [7, 11) is 1.59. The Bertz CT molecular complexity index is 1150. The van der Waals surface area contributed by atoms with Crippen LogP contribution in [-0.2, 0) is 17.7 Å². The Hall–Kier alpha value is -3.77. The molecule has 0 saturated heterocycles. The van der Waals surface area contributed by atoms with Crippen LogP contribution in [0.2, 0.25) is 0 Å². The molecule has 33 heavy (non-hydrogen) atoms. The van der Waals surface area contributed by atoms with Crippen molar-refractivity contribution < 1.29 is 19.1 Å². The minimum Gasteiger partial charge on any atom is -0.383 e. The second-order valence-corrected chi connectivity index (χ2v) is 7.96. The summed E-state index contributed by atoms with van der Waals surface area (Å²) >= 11 is 0. The first-order valence-electron chi connectivity index (χ1n) is 10.9. The lowest BCUT2D eigenvalue weighted by Gasteiger charge is -2.23. The predicted octanol–water partition coefficient (Wildman–Crippen LogP) is 3.81. The zero-order chi connectivity index (χ0) is 23.2. The van der Waals surface area contributed by atoms with Crippen molar-refractivity contribution in [1.29, 1.82) is 0 Å². The highest BCUT2D eigenvalue weighted by Gasteiger charge is 2.36. The topological polar surface area (TPSA) is 66.9 Å². The standard InChI is InChI=1S/C27H26N2O4/c1-33-17-16-28(19-21-10-6-3-7-11-21)25(30)22-12-13-23-24(18-22)27(32)29(26(23)31)15-14-20-8-4-2-5-9-20/h2-13,18H,14-17,19H2,1H3. The monoisotopic (exact) mass is 442 g/mol. The van der Waals surface area contributed by atoms with Crippen LogP contribution in [0.3, 0.4) is 0 Å². The summed E-state index contributed by atoms with van der Waals surface area (Å²) in [6.07, 6.45) is 0.583. The third kappa shape index (κ3) is 5.02. The Morgan fingerprint density at radius 1 is 0.848 bits per heavy atom. The van der Waals surface area contributed by atoms with E-state index in [1.54, 1.807) is 30.2 Å². The summed E-state index contributed by atoms with van der Waals surface area (Å²) in [4.78, 5) is 42.1. The minimum atomic E-state index is -0.355. The number of hydrogen-bond donors (Lipinski definition) is 0. The lowest BCUT2D eigenvalue weighted by Crippen LogP contribution is -2.33. The van der Waals surface area contributed by atoms with Crippen LogP contribution in [0, 0.1) is 0 Å². The van der Waals surface area contributed by atoms with Crippen LogP contribution in [0.25, 0.3) is 0 Å². The summed E-state index contributed by atoms with van der Waals surface area (Å²) in [5.41, 5.74) is 3.06. The summed E-state index contributed by atoms with van der Waals surface area (Å²) in [5.74, 6) is -0.876. The van der Waals surface area contributed by atoms with E-state index in [-0.39, 0.29) is 23.3 Å². The number of methoxy groups -OCH3 is 1. The number of amides is 3. The zero-order valence-electron chi connectivity index (χ0n) is 18.6. The first-order valence-corrected chi connectivity index (χ1v) is 10.9. The fourth-order valence-corrected chi connectivity index (χ4v) is 3.95. The predicted molar refractivity (Wildman–Crippen MR) is 125 cm³/mol. The molecule has 1 heterocycles. The van der Waals surface area contributed by atoms with Gasteiger partial charge in [0, 0.05) is 32.3 Å². The Balaban J connectivity index is 1.52. The highest BCUT2D eigenvalue weighted by molar-refractivity contribution is 6.22. The zero-order valence-corrected chi connectivity index (χ0v) is 18.6. The Labute approximate surface area is 193 Å². The van der Waals surface area contributed by atoms with Crippen molar-refractivity contribution in [1.82, 2.24) is 9.80 Å². The second kappa shape index (κ2) is 10.2. The van der Waals surface area contributed by atoms with E-state index >= 15 is 0 Å². The van der Waals surface area contributed by atoms with Gasteiger partial charge in [0.15, 0.2) is 0 Å². The van der Waals surface area contributed by atoms with Gasteiger partial charge in [-0.15, -0.1) is 0 Å². The highest BCUT2D eigenvalue weighted by Crippen LogP contribution is 2.25. The molecule has 168 valence electrons. The van der Waals surface area contributed by atoms with E-state index in [9.17, 15) is 14.4 Å². The number of nitrogens with zero attached hydrogens (tertiary/aromatic N) is 2. The summed E-state index contributed by atoms with van der Waals surface area (Å²) in [6, 6.07) is 24.2. The van der Waals surface area contributed by atoms with E-state index < -0.39 is 0 Å². The molecule has 3 aromatic carbocycles. The number of fused-ring (bicyclic) bond motifs is 1. The molecule has 0 fully saturated rings. The van der Waals surface area contributed by atoms with Gasteiger partial charge in [-0.25, -0.2) is 0 Å². The molecular formula is C27H26N2O4. The average Bonchev–Trinajstić information content (AvgIpc) is 3.10. The van der Waals surface area contributed by atoms with E-state index in [0.29, 0.717) is 43.8 Å². The van der Waals surface area contributed by atoms with Gasteiger partial charge in [0.05, 0.1) is 17.7 Å². The maximum Gasteiger partial charge on any atom is 0.261 e. The number of ether oxygens (including phenoxy) is 1. The molecule has 6 nitrogen and oxygen atoms in total. The summed E-state index contributed by atoms with van der Waals surface area (Å²) < 4.78 is 5.18. The first-order chi connectivity index (χ1) is 16.1. The van der Waals surface area contributed by atoms with E-state index in [0.717, 1.165) is 11.1 Å². The van der Waals surface area contributed by atoms with Crippen LogP contribution in [-0.4, -0.2) is 54.3 Å². The number of hydrogen-bond acceptors (Lipinski definition) is 4. The van der Waals surface area contributed by atoms with E-state index in [1.807, 2.05) is 60.7 Å². The van der Waals surface area contributed by atoms with Crippen molar-refractivity contribution in [2.75, 3.05) is 26.8 Å². The second-order valence-electron chi connectivity index (χ2n) is 7.96. The van der Waals surface area contributed by atoms with E-state index in [2.05, 4.69) is 0 Å². The fourth-order valence-electron chi connectivity index (χ4n) is 3.95. The van der Waals surface area contributed by atoms with Crippen molar-refractivity contribution in [3.8, 4) is 0 Å². The maximum atomic E-state index is 13.3. The number of carbonyl (C=O) groups is 3. The minimum absolute atomic E-state index is 0.207. The summed E-state index contributed by atoms with van der Waals surface area (Å²) in [5, 5.41) is 0. The quantitative estimate of drug-likeness (QED) is 0.473. The molecule has 4 rings (SSSR count). The van der Waals surface area contributed by atoms with Crippen molar-refractivity contribution >= 4 is 17.7 Å². The van der Waals surface area contributed by atoms with Crippen LogP contribution in [0.15, 0.2) is 78.9 Å². The van der Waals surface area contributed by atoms with Crippen LogP contribution >= 0.6 is 0 Å². The lowest BCUT2D eigenvalue weighted by molar-refractivity contribution is 0.0654. The number of carbonyl (C=O) groups excluding carboxylic acids is 3. The van der Waals surface area contributed by atoms with Gasteiger partial charge in [-0.3, -0.25) is 19.3 Å². The van der Waals surface area contributed by atoms with Crippen LogP contribution in [0.4, 0.5) is 0 Å². The van der Waals surface area contributed by atoms with Crippen molar-refractivity contribution in [3.05, 3.63) is 107 Å². The number of imide groups is 1.